The molecule has 1 rings (SSSR count). The van der Waals surface area contributed by atoms with Crippen LogP contribution in [0.4, 0.5) is 14.9 Å². The Hall–Kier alpha value is -1.58. The summed E-state index contributed by atoms with van der Waals surface area (Å²) in [4.78, 5) is 11.4. The van der Waals surface area contributed by atoms with Crippen LogP contribution in [0.15, 0.2) is 18.2 Å². The first-order valence-electron chi connectivity index (χ1n) is 5.30. The summed E-state index contributed by atoms with van der Waals surface area (Å²) in [5.41, 5.74) is 1.11. The monoisotopic (exact) mass is 224 g/mol. The van der Waals surface area contributed by atoms with Gasteiger partial charge in [0.15, 0.2) is 0 Å². The molecule has 0 aliphatic carbocycles. The maximum absolute atomic E-state index is 13.0. The minimum Gasteiger partial charge on any atom is -0.338 e. The van der Waals surface area contributed by atoms with Gasteiger partial charge < -0.3 is 10.6 Å². The van der Waals surface area contributed by atoms with E-state index in [2.05, 4.69) is 10.6 Å². The van der Waals surface area contributed by atoms with Crippen molar-refractivity contribution in [2.45, 2.75) is 20.8 Å². The molecule has 0 spiro atoms. The summed E-state index contributed by atoms with van der Waals surface area (Å²) in [7, 11) is 0. The number of amides is 2. The predicted octanol–water partition coefficient (Wildman–Crippen LogP) is 2.91. The molecule has 0 aliphatic heterocycles. The van der Waals surface area contributed by atoms with E-state index in [0.29, 0.717) is 23.7 Å². The van der Waals surface area contributed by atoms with Crippen molar-refractivity contribution in [3.8, 4) is 0 Å². The fraction of sp³-hybridized carbons (Fsp3) is 0.417. The predicted molar refractivity (Wildman–Crippen MR) is 63.0 cm³/mol. The van der Waals surface area contributed by atoms with E-state index in [1.807, 2.05) is 13.8 Å². The van der Waals surface area contributed by atoms with Crippen LogP contribution in [0.3, 0.4) is 0 Å². The van der Waals surface area contributed by atoms with Crippen LogP contribution in [0, 0.1) is 18.7 Å². The molecule has 3 nitrogen and oxygen atoms in total. The summed E-state index contributed by atoms with van der Waals surface area (Å²) >= 11 is 0. The van der Waals surface area contributed by atoms with Crippen molar-refractivity contribution in [3.05, 3.63) is 29.6 Å². The Balaban J connectivity index is 2.53. The maximum Gasteiger partial charge on any atom is 0.319 e. The number of urea groups is 1. The molecule has 1 aromatic carbocycles. The lowest BCUT2D eigenvalue weighted by Crippen LogP contribution is -2.31. The molecule has 0 fully saturated rings. The Morgan fingerprint density at radius 1 is 1.44 bits per heavy atom. The molecule has 0 bridgehead atoms. The topological polar surface area (TPSA) is 41.1 Å². The van der Waals surface area contributed by atoms with Crippen LogP contribution in [0.2, 0.25) is 0 Å². The van der Waals surface area contributed by atoms with E-state index in [4.69, 9.17) is 0 Å². The lowest BCUT2D eigenvalue weighted by Gasteiger charge is -2.09. The number of anilines is 1. The minimum atomic E-state index is -0.270. The van der Waals surface area contributed by atoms with E-state index in [9.17, 15) is 9.18 Å². The number of halogens is 1. The SMILES string of the molecule is Cc1cc(NC(=O)NCC(C)C)ccc1F. The summed E-state index contributed by atoms with van der Waals surface area (Å²) in [5.74, 6) is 0.133. The quantitative estimate of drug-likeness (QED) is 0.814. The van der Waals surface area contributed by atoms with Gasteiger partial charge >= 0.3 is 6.03 Å². The summed E-state index contributed by atoms with van der Waals surface area (Å²) in [6.07, 6.45) is 0. The van der Waals surface area contributed by atoms with Gasteiger partial charge in [0.2, 0.25) is 0 Å². The standard InChI is InChI=1S/C12H17FN2O/c1-8(2)7-14-12(16)15-10-4-5-11(13)9(3)6-10/h4-6,8H,7H2,1-3H3,(H2,14,15,16). The third-order valence-electron chi connectivity index (χ3n) is 2.09. The van der Waals surface area contributed by atoms with Crippen LogP contribution in [0.5, 0.6) is 0 Å². The number of carbonyl (C=O) groups is 1. The zero-order valence-corrected chi connectivity index (χ0v) is 9.80. The molecule has 0 saturated carbocycles. The molecule has 4 heteroatoms. The maximum atomic E-state index is 13.0. The van der Waals surface area contributed by atoms with Crippen LogP contribution < -0.4 is 10.6 Å². The number of hydrogen-bond acceptors (Lipinski definition) is 1. The molecule has 0 heterocycles. The van der Waals surface area contributed by atoms with Crippen molar-refractivity contribution in [2.75, 3.05) is 11.9 Å². The molecule has 2 amide bonds. The van der Waals surface area contributed by atoms with E-state index >= 15 is 0 Å². The second kappa shape index (κ2) is 5.49. The Labute approximate surface area is 95.0 Å². The Bertz CT molecular complexity index is 377. The molecular formula is C12H17FN2O. The lowest BCUT2D eigenvalue weighted by atomic mass is 10.2. The highest BCUT2D eigenvalue weighted by molar-refractivity contribution is 5.89. The molecule has 0 saturated heterocycles. The fourth-order valence-electron chi connectivity index (χ4n) is 1.19. The van der Waals surface area contributed by atoms with Gasteiger partial charge in [0.25, 0.3) is 0 Å². The number of carbonyl (C=O) groups excluding carboxylic acids is 1. The largest absolute Gasteiger partial charge is 0.338 e. The van der Waals surface area contributed by atoms with Crippen molar-refractivity contribution < 1.29 is 9.18 Å². The first-order valence-corrected chi connectivity index (χ1v) is 5.30. The van der Waals surface area contributed by atoms with Gasteiger partial charge in [-0.1, -0.05) is 13.8 Å². The summed E-state index contributed by atoms with van der Waals surface area (Å²) < 4.78 is 13.0. The Morgan fingerprint density at radius 3 is 2.69 bits per heavy atom. The second-order valence-electron chi connectivity index (χ2n) is 4.19. The van der Waals surface area contributed by atoms with Gasteiger partial charge in [-0.2, -0.15) is 0 Å². The van der Waals surface area contributed by atoms with Gasteiger partial charge in [-0.3, -0.25) is 0 Å². The normalized spacial score (nSPS) is 10.3. The van der Waals surface area contributed by atoms with Crippen molar-refractivity contribution in [1.82, 2.24) is 5.32 Å². The van der Waals surface area contributed by atoms with Gasteiger partial charge in [0, 0.05) is 12.2 Å². The number of benzene rings is 1. The summed E-state index contributed by atoms with van der Waals surface area (Å²) in [6, 6.07) is 4.22. The van der Waals surface area contributed by atoms with Crippen LogP contribution >= 0.6 is 0 Å². The van der Waals surface area contributed by atoms with Crippen molar-refractivity contribution in [3.63, 3.8) is 0 Å². The molecule has 1 aromatic rings. The Kier molecular flexibility index (Phi) is 4.28. The van der Waals surface area contributed by atoms with Crippen LogP contribution in [-0.2, 0) is 0 Å². The first-order chi connectivity index (χ1) is 7.49. The zero-order chi connectivity index (χ0) is 12.1. The molecule has 2 N–H and O–H groups in total. The van der Waals surface area contributed by atoms with E-state index in [-0.39, 0.29) is 11.8 Å². The lowest BCUT2D eigenvalue weighted by molar-refractivity contribution is 0.251. The van der Waals surface area contributed by atoms with E-state index < -0.39 is 0 Å². The zero-order valence-electron chi connectivity index (χ0n) is 9.80. The summed E-state index contributed by atoms with van der Waals surface area (Å²) in [5, 5.41) is 5.37. The second-order valence-corrected chi connectivity index (χ2v) is 4.19. The van der Waals surface area contributed by atoms with Crippen LogP contribution in [0.1, 0.15) is 19.4 Å². The van der Waals surface area contributed by atoms with Gasteiger partial charge in [-0.05, 0) is 36.6 Å². The van der Waals surface area contributed by atoms with E-state index in [1.54, 1.807) is 13.0 Å². The van der Waals surface area contributed by atoms with E-state index in [0.717, 1.165) is 0 Å². The van der Waals surface area contributed by atoms with Crippen LogP contribution in [0.25, 0.3) is 0 Å². The minimum absolute atomic E-state index is 0.264. The Morgan fingerprint density at radius 2 is 2.12 bits per heavy atom. The van der Waals surface area contributed by atoms with E-state index in [1.165, 1.54) is 12.1 Å². The molecule has 88 valence electrons. The van der Waals surface area contributed by atoms with Crippen molar-refractivity contribution >= 4 is 11.7 Å². The number of rotatable bonds is 3. The van der Waals surface area contributed by atoms with Crippen LogP contribution in [-0.4, -0.2) is 12.6 Å². The average molecular weight is 224 g/mol. The molecule has 0 radical (unpaired) electrons. The van der Waals surface area contributed by atoms with Gasteiger partial charge in [0.05, 0.1) is 0 Å². The number of hydrogen-bond donors (Lipinski definition) is 2. The molecule has 16 heavy (non-hydrogen) atoms. The third-order valence-corrected chi connectivity index (χ3v) is 2.09. The molecular weight excluding hydrogens is 207 g/mol. The average Bonchev–Trinajstić information content (AvgIpc) is 2.21. The highest BCUT2D eigenvalue weighted by Crippen LogP contribution is 2.13. The van der Waals surface area contributed by atoms with Crippen molar-refractivity contribution in [1.29, 1.82) is 0 Å². The third kappa shape index (κ3) is 3.88. The fourth-order valence-corrected chi connectivity index (χ4v) is 1.19. The molecule has 0 aliphatic rings. The molecule has 0 atom stereocenters. The smallest absolute Gasteiger partial charge is 0.319 e. The van der Waals surface area contributed by atoms with Crippen molar-refractivity contribution in [2.24, 2.45) is 5.92 Å². The van der Waals surface area contributed by atoms with Gasteiger partial charge in [0.1, 0.15) is 5.82 Å². The molecule has 0 aromatic heterocycles. The van der Waals surface area contributed by atoms with Gasteiger partial charge in [-0.25, -0.2) is 9.18 Å². The molecule has 0 unspecified atom stereocenters. The van der Waals surface area contributed by atoms with Gasteiger partial charge in [-0.15, -0.1) is 0 Å². The highest BCUT2D eigenvalue weighted by Gasteiger charge is 2.04. The number of nitrogens with one attached hydrogen (secondary N) is 2. The first kappa shape index (κ1) is 12.5. The summed E-state index contributed by atoms with van der Waals surface area (Å²) in [6.45, 7) is 6.31. The highest BCUT2D eigenvalue weighted by atomic mass is 19.1. The number of aryl methyl sites for hydroxylation is 1.